The molecule has 142 valence electrons. The SMILES string of the molecule is Cc1ccc2c(c1)CN(C(=O)c1ccc(=O)[nH]c1)CC1(CCN(C)CC1)O2. The van der Waals surface area contributed by atoms with Gasteiger partial charge in [-0.05, 0) is 26.1 Å². The molecule has 0 atom stereocenters. The molecule has 1 saturated heterocycles. The number of ether oxygens (including phenoxy) is 1. The first-order valence-electron chi connectivity index (χ1n) is 9.39. The van der Waals surface area contributed by atoms with Gasteiger partial charge in [-0.3, -0.25) is 9.59 Å². The van der Waals surface area contributed by atoms with E-state index in [1.54, 1.807) is 6.07 Å². The number of nitrogens with zero attached hydrogens (tertiary/aromatic N) is 2. The number of H-pyrrole nitrogens is 1. The largest absolute Gasteiger partial charge is 0.485 e. The molecule has 2 aromatic rings. The van der Waals surface area contributed by atoms with Gasteiger partial charge in [0, 0.05) is 50.3 Å². The summed E-state index contributed by atoms with van der Waals surface area (Å²) in [5.41, 5.74) is 2.09. The van der Waals surface area contributed by atoms with Crippen molar-refractivity contribution < 1.29 is 9.53 Å². The number of hydrogen-bond acceptors (Lipinski definition) is 4. The van der Waals surface area contributed by atoms with E-state index in [-0.39, 0.29) is 17.1 Å². The van der Waals surface area contributed by atoms with Crippen LogP contribution in [0.4, 0.5) is 0 Å². The third kappa shape index (κ3) is 3.62. The third-order valence-electron chi connectivity index (χ3n) is 5.60. The molecule has 2 aliphatic heterocycles. The molecule has 1 amide bonds. The van der Waals surface area contributed by atoms with Crippen molar-refractivity contribution in [1.29, 1.82) is 0 Å². The van der Waals surface area contributed by atoms with Crippen molar-refractivity contribution in [2.75, 3.05) is 26.7 Å². The number of hydrogen-bond donors (Lipinski definition) is 1. The zero-order chi connectivity index (χ0) is 19.0. The van der Waals surface area contributed by atoms with E-state index in [1.165, 1.54) is 12.3 Å². The lowest BCUT2D eigenvalue weighted by atomic mass is 9.90. The first kappa shape index (κ1) is 17.8. The number of pyridine rings is 1. The van der Waals surface area contributed by atoms with Crippen molar-refractivity contribution in [1.82, 2.24) is 14.8 Å². The molecular formula is C21H25N3O3. The summed E-state index contributed by atoms with van der Waals surface area (Å²) < 4.78 is 6.55. The summed E-state index contributed by atoms with van der Waals surface area (Å²) in [6.45, 7) is 4.99. The monoisotopic (exact) mass is 367 g/mol. The van der Waals surface area contributed by atoms with E-state index >= 15 is 0 Å². The van der Waals surface area contributed by atoms with E-state index in [4.69, 9.17) is 4.74 Å². The average Bonchev–Trinajstić information content (AvgIpc) is 2.81. The van der Waals surface area contributed by atoms with Crippen LogP contribution in [-0.4, -0.2) is 53.0 Å². The van der Waals surface area contributed by atoms with Gasteiger partial charge < -0.3 is 19.5 Å². The Balaban J connectivity index is 1.71. The Bertz CT molecular complexity index is 893. The minimum absolute atomic E-state index is 0.0810. The number of amides is 1. The average molecular weight is 367 g/mol. The van der Waals surface area contributed by atoms with E-state index in [2.05, 4.69) is 29.1 Å². The molecule has 1 N–H and O–H groups in total. The van der Waals surface area contributed by atoms with Crippen molar-refractivity contribution in [2.24, 2.45) is 0 Å². The van der Waals surface area contributed by atoms with E-state index < -0.39 is 0 Å². The number of aromatic amines is 1. The number of likely N-dealkylation sites (tertiary alicyclic amines) is 1. The molecule has 0 bridgehead atoms. The topological polar surface area (TPSA) is 65.6 Å². The Kier molecular flexibility index (Phi) is 4.52. The van der Waals surface area contributed by atoms with Crippen LogP contribution in [-0.2, 0) is 6.54 Å². The van der Waals surface area contributed by atoms with E-state index in [0.29, 0.717) is 18.7 Å². The van der Waals surface area contributed by atoms with Gasteiger partial charge in [-0.1, -0.05) is 17.7 Å². The highest BCUT2D eigenvalue weighted by molar-refractivity contribution is 5.94. The summed E-state index contributed by atoms with van der Waals surface area (Å²) in [4.78, 5) is 31.3. The van der Waals surface area contributed by atoms with E-state index in [9.17, 15) is 9.59 Å². The number of piperidine rings is 1. The Morgan fingerprint density at radius 3 is 2.67 bits per heavy atom. The number of aryl methyl sites for hydroxylation is 1. The minimum Gasteiger partial charge on any atom is -0.485 e. The molecule has 0 saturated carbocycles. The maximum atomic E-state index is 13.2. The molecule has 3 heterocycles. The number of carbonyl (C=O) groups excluding carboxylic acids is 1. The lowest BCUT2D eigenvalue weighted by Gasteiger charge is -2.41. The fraction of sp³-hybridized carbons (Fsp3) is 0.429. The summed E-state index contributed by atoms with van der Waals surface area (Å²) in [7, 11) is 2.12. The molecule has 0 unspecified atom stereocenters. The van der Waals surface area contributed by atoms with Gasteiger partial charge in [0.25, 0.3) is 5.91 Å². The lowest BCUT2D eigenvalue weighted by molar-refractivity contribution is -0.0103. The zero-order valence-electron chi connectivity index (χ0n) is 15.8. The predicted octanol–water partition coefficient (Wildman–Crippen LogP) is 2.18. The second-order valence-corrected chi connectivity index (χ2v) is 7.80. The van der Waals surface area contributed by atoms with Gasteiger partial charge in [-0.15, -0.1) is 0 Å². The van der Waals surface area contributed by atoms with Gasteiger partial charge in [0.2, 0.25) is 5.56 Å². The normalized spacial score (nSPS) is 19.3. The number of rotatable bonds is 1. The van der Waals surface area contributed by atoms with Crippen molar-refractivity contribution in [2.45, 2.75) is 31.9 Å². The van der Waals surface area contributed by atoms with Crippen LogP contribution in [0.2, 0.25) is 0 Å². The molecule has 27 heavy (non-hydrogen) atoms. The summed E-state index contributed by atoms with van der Waals surface area (Å²) in [5, 5.41) is 0. The minimum atomic E-state index is -0.370. The Morgan fingerprint density at radius 2 is 1.96 bits per heavy atom. The number of fused-ring (bicyclic) bond motifs is 1. The zero-order valence-corrected chi connectivity index (χ0v) is 15.8. The van der Waals surface area contributed by atoms with Gasteiger partial charge in [0.05, 0.1) is 12.1 Å². The third-order valence-corrected chi connectivity index (χ3v) is 5.60. The smallest absolute Gasteiger partial charge is 0.255 e. The van der Waals surface area contributed by atoms with Crippen LogP contribution in [0.3, 0.4) is 0 Å². The van der Waals surface area contributed by atoms with Gasteiger partial charge in [-0.2, -0.15) is 0 Å². The van der Waals surface area contributed by atoms with Crippen LogP contribution < -0.4 is 10.3 Å². The first-order valence-corrected chi connectivity index (χ1v) is 9.39. The molecule has 1 aromatic heterocycles. The second-order valence-electron chi connectivity index (χ2n) is 7.80. The maximum absolute atomic E-state index is 13.2. The molecule has 4 rings (SSSR count). The Hall–Kier alpha value is -2.60. The lowest BCUT2D eigenvalue weighted by Crippen LogP contribution is -2.53. The van der Waals surface area contributed by atoms with Crippen LogP contribution in [0, 0.1) is 6.92 Å². The van der Waals surface area contributed by atoms with Gasteiger partial charge >= 0.3 is 0 Å². The summed E-state index contributed by atoms with van der Waals surface area (Å²) >= 11 is 0. The fourth-order valence-corrected chi connectivity index (χ4v) is 3.96. The van der Waals surface area contributed by atoms with Crippen molar-refractivity contribution in [3.8, 4) is 5.75 Å². The standard InChI is InChI=1S/C21H25N3O3/c1-15-3-5-18-17(11-15)13-24(20(26)16-4-6-19(25)22-12-16)14-21(27-18)7-9-23(2)10-8-21/h3-6,11-12H,7-10,13-14H2,1-2H3,(H,22,25). The Labute approximate surface area is 158 Å². The summed E-state index contributed by atoms with van der Waals surface area (Å²) in [6.07, 6.45) is 3.26. The highest BCUT2D eigenvalue weighted by Gasteiger charge is 2.41. The fourth-order valence-electron chi connectivity index (χ4n) is 3.96. The number of benzene rings is 1. The molecule has 1 aromatic carbocycles. The highest BCUT2D eigenvalue weighted by atomic mass is 16.5. The molecule has 6 nitrogen and oxygen atoms in total. The first-order chi connectivity index (χ1) is 12.9. The predicted molar refractivity (Wildman–Crippen MR) is 103 cm³/mol. The maximum Gasteiger partial charge on any atom is 0.255 e. The highest BCUT2D eigenvalue weighted by Crippen LogP contribution is 2.36. The molecule has 0 aliphatic carbocycles. The van der Waals surface area contributed by atoms with Crippen LogP contribution in [0.5, 0.6) is 5.75 Å². The van der Waals surface area contributed by atoms with Gasteiger partial charge in [0.15, 0.2) is 0 Å². The number of aromatic nitrogens is 1. The van der Waals surface area contributed by atoms with Gasteiger partial charge in [-0.25, -0.2) is 0 Å². The molecule has 1 fully saturated rings. The van der Waals surface area contributed by atoms with Crippen molar-refractivity contribution in [3.63, 3.8) is 0 Å². The van der Waals surface area contributed by atoms with Crippen LogP contribution in [0.25, 0.3) is 0 Å². The Morgan fingerprint density at radius 1 is 1.19 bits per heavy atom. The van der Waals surface area contributed by atoms with Crippen LogP contribution >= 0.6 is 0 Å². The van der Waals surface area contributed by atoms with Gasteiger partial charge in [0.1, 0.15) is 11.4 Å². The quantitative estimate of drug-likeness (QED) is 0.839. The van der Waals surface area contributed by atoms with Crippen LogP contribution in [0.1, 0.15) is 34.3 Å². The van der Waals surface area contributed by atoms with Crippen molar-refractivity contribution >= 4 is 5.91 Å². The molecule has 0 radical (unpaired) electrons. The second kappa shape index (κ2) is 6.85. The summed E-state index contributed by atoms with van der Waals surface area (Å²) in [6, 6.07) is 9.16. The van der Waals surface area contributed by atoms with E-state index in [0.717, 1.165) is 42.8 Å². The molecular weight excluding hydrogens is 342 g/mol. The number of carbonyl (C=O) groups is 1. The van der Waals surface area contributed by atoms with Crippen molar-refractivity contribution in [3.05, 3.63) is 63.6 Å². The molecule has 6 heteroatoms. The molecule has 1 spiro atoms. The van der Waals surface area contributed by atoms with Crippen LogP contribution in [0.15, 0.2) is 41.3 Å². The van der Waals surface area contributed by atoms with E-state index in [1.807, 2.05) is 17.9 Å². The number of nitrogens with one attached hydrogen (secondary N) is 1. The summed E-state index contributed by atoms with van der Waals surface area (Å²) in [5.74, 6) is 0.796. The molecule has 2 aliphatic rings.